The third-order valence-electron chi connectivity index (χ3n) is 5.50. The van der Waals surface area contributed by atoms with Gasteiger partial charge in [-0.05, 0) is 74.6 Å². The van der Waals surface area contributed by atoms with E-state index < -0.39 is 0 Å². The van der Waals surface area contributed by atoms with Gasteiger partial charge in [-0.1, -0.05) is 30.3 Å². The van der Waals surface area contributed by atoms with E-state index in [1.54, 1.807) is 6.21 Å². The molecule has 162 valence electrons. The van der Waals surface area contributed by atoms with Crippen LogP contribution in [0.2, 0.25) is 0 Å². The van der Waals surface area contributed by atoms with E-state index in [9.17, 15) is 0 Å². The van der Waals surface area contributed by atoms with Gasteiger partial charge in [-0.25, -0.2) is 0 Å². The molecular weight excluding hydrogens is 394 g/mol. The molecule has 0 saturated heterocycles. The van der Waals surface area contributed by atoms with Gasteiger partial charge in [0.1, 0.15) is 0 Å². The molecule has 3 aromatic carbocycles. The number of para-hydroxylation sites is 1. The van der Waals surface area contributed by atoms with Crippen LogP contribution in [0.25, 0.3) is 22.0 Å². The number of aliphatic imine (C=N–C) groups is 2. The number of nitrogens with zero attached hydrogens (tertiary/aromatic N) is 4. The van der Waals surface area contributed by atoms with Gasteiger partial charge in [0, 0.05) is 48.5 Å². The quantitative estimate of drug-likeness (QED) is 0.336. The highest BCUT2D eigenvalue weighted by Gasteiger charge is 2.14. The number of fused-ring (bicyclic) bond motifs is 1. The van der Waals surface area contributed by atoms with E-state index in [0.717, 1.165) is 40.4 Å². The standard InChI is InChI=1S/C27H29N5/c1-6-29-27-23(20-12-11-19-13-14-32(5)26(19)15-20)16-22(17-25(27)28-2)30-24-10-8-7-9-21(24)18-31(3)4/h6-17,30H,2,18H2,1,3-5H3/b29-6-. The molecule has 1 aromatic heterocycles. The van der Waals surface area contributed by atoms with Gasteiger partial charge < -0.3 is 14.8 Å². The summed E-state index contributed by atoms with van der Waals surface area (Å²) >= 11 is 0. The van der Waals surface area contributed by atoms with Crippen molar-refractivity contribution in [2.45, 2.75) is 13.5 Å². The maximum Gasteiger partial charge on any atom is 0.0961 e. The molecule has 1 N–H and O–H groups in total. The van der Waals surface area contributed by atoms with E-state index in [1.165, 1.54) is 16.5 Å². The highest BCUT2D eigenvalue weighted by Crippen LogP contribution is 2.42. The summed E-state index contributed by atoms with van der Waals surface area (Å²) in [6.45, 7) is 6.58. The Hall–Kier alpha value is -3.70. The van der Waals surface area contributed by atoms with Crippen molar-refractivity contribution < 1.29 is 0 Å². The van der Waals surface area contributed by atoms with Crippen molar-refractivity contribution in [3.63, 3.8) is 0 Å². The molecule has 0 aliphatic heterocycles. The Morgan fingerprint density at radius 1 is 1.06 bits per heavy atom. The highest BCUT2D eigenvalue weighted by atomic mass is 15.1. The normalized spacial score (nSPS) is 11.5. The van der Waals surface area contributed by atoms with Crippen LogP contribution in [0, 0.1) is 0 Å². The van der Waals surface area contributed by atoms with E-state index in [4.69, 9.17) is 0 Å². The molecule has 0 bridgehead atoms. The third kappa shape index (κ3) is 4.34. The summed E-state index contributed by atoms with van der Waals surface area (Å²) in [7, 11) is 6.21. The minimum Gasteiger partial charge on any atom is -0.355 e. The number of rotatable bonds is 7. The van der Waals surface area contributed by atoms with Crippen LogP contribution in [0.1, 0.15) is 12.5 Å². The summed E-state index contributed by atoms with van der Waals surface area (Å²) in [5.74, 6) is 0. The zero-order valence-electron chi connectivity index (χ0n) is 19.1. The molecule has 5 heteroatoms. The summed E-state index contributed by atoms with van der Waals surface area (Å²) in [4.78, 5) is 11.1. The SMILES string of the molecule is C=Nc1cc(Nc2ccccc2CN(C)C)cc(-c2ccc3ccn(C)c3c2)c1/N=C\C. The molecule has 0 amide bonds. The summed E-state index contributed by atoms with van der Waals surface area (Å²) < 4.78 is 2.13. The zero-order valence-corrected chi connectivity index (χ0v) is 19.1. The molecule has 0 radical (unpaired) electrons. The topological polar surface area (TPSA) is 44.9 Å². The second kappa shape index (κ2) is 9.20. The Morgan fingerprint density at radius 2 is 1.88 bits per heavy atom. The van der Waals surface area contributed by atoms with Crippen LogP contribution >= 0.6 is 0 Å². The lowest BCUT2D eigenvalue weighted by atomic mass is 10.00. The van der Waals surface area contributed by atoms with Crippen molar-refractivity contribution in [1.29, 1.82) is 0 Å². The maximum atomic E-state index is 4.65. The van der Waals surface area contributed by atoms with Gasteiger partial charge in [-0.2, -0.15) is 0 Å². The molecule has 0 spiro atoms. The van der Waals surface area contributed by atoms with Crippen LogP contribution in [-0.4, -0.2) is 36.5 Å². The third-order valence-corrected chi connectivity index (χ3v) is 5.50. The monoisotopic (exact) mass is 423 g/mol. The van der Waals surface area contributed by atoms with Crippen LogP contribution in [0.5, 0.6) is 0 Å². The number of benzene rings is 3. The van der Waals surface area contributed by atoms with Gasteiger partial charge in [0.2, 0.25) is 0 Å². The van der Waals surface area contributed by atoms with Crippen LogP contribution in [0.4, 0.5) is 22.7 Å². The summed E-state index contributed by atoms with van der Waals surface area (Å²) in [5.41, 5.74) is 8.12. The molecule has 0 fully saturated rings. The Bertz CT molecular complexity index is 1300. The molecule has 0 atom stereocenters. The first-order valence-corrected chi connectivity index (χ1v) is 10.7. The van der Waals surface area contributed by atoms with E-state index in [2.05, 4.69) is 107 Å². The van der Waals surface area contributed by atoms with Crippen molar-refractivity contribution in [3.8, 4) is 11.1 Å². The van der Waals surface area contributed by atoms with Gasteiger partial charge in [-0.15, -0.1) is 0 Å². The lowest BCUT2D eigenvalue weighted by Gasteiger charge is -2.18. The van der Waals surface area contributed by atoms with Crippen molar-refractivity contribution >= 4 is 46.6 Å². The second-order valence-corrected chi connectivity index (χ2v) is 8.16. The van der Waals surface area contributed by atoms with E-state index in [-0.39, 0.29) is 0 Å². The molecule has 0 aliphatic rings. The average Bonchev–Trinajstić information content (AvgIpc) is 3.15. The molecule has 4 aromatic rings. The fourth-order valence-electron chi connectivity index (χ4n) is 4.00. The van der Waals surface area contributed by atoms with Gasteiger partial charge in [0.25, 0.3) is 0 Å². The first-order valence-electron chi connectivity index (χ1n) is 10.7. The van der Waals surface area contributed by atoms with Gasteiger partial charge in [0.15, 0.2) is 0 Å². The number of hydrogen-bond donors (Lipinski definition) is 1. The molecule has 5 nitrogen and oxygen atoms in total. The Labute approximate surface area is 189 Å². The maximum absolute atomic E-state index is 4.65. The number of aromatic nitrogens is 1. The predicted octanol–water partition coefficient (Wildman–Crippen LogP) is 6.70. The van der Waals surface area contributed by atoms with Crippen molar-refractivity contribution in [2.75, 3.05) is 19.4 Å². The molecular formula is C27H29N5. The smallest absolute Gasteiger partial charge is 0.0961 e. The lowest BCUT2D eigenvalue weighted by Crippen LogP contribution is -2.12. The number of aryl methyl sites for hydroxylation is 1. The Kier molecular flexibility index (Phi) is 6.19. The molecule has 0 saturated carbocycles. The number of nitrogens with one attached hydrogen (secondary N) is 1. The molecule has 4 rings (SSSR count). The fourth-order valence-corrected chi connectivity index (χ4v) is 4.00. The number of hydrogen-bond acceptors (Lipinski definition) is 4. The van der Waals surface area contributed by atoms with Crippen LogP contribution in [-0.2, 0) is 13.6 Å². The van der Waals surface area contributed by atoms with Crippen molar-refractivity contribution in [1.82, 2.24) is 9.47 Å². The average molecular weight is 424 g/mol. The Morgan fingerprint density at radius 3 is 2.62 bits per heavy atom. The van der Waals surface area contributed by atoms with Gasteiger partial charge in [0.05, 0.1) is 11.4 Å². The second-order valence-electron chi connectivity index (χ2n) is 8.16. The largest absolute Gasteiger partial charge is 0.355 e. The van der Waals surface area contributed by atoms with Crippen molar-refractivity contribution in [2.24, 2.45) is 17.0 Å². The van der Waals surface area contributed by atoms with Crippen molar-refractivity contribution in [3.05, 3.63) is 72.4 Å². The zero-order chi connectivity index (χ0) is 22.7. The predicted molar refractivity (Wildman–Crippen MR) is 139 cm³/mol. The first kappa shape index (κ1) is 21.5. The van der Waals surface area contributed by atoms with E-state index >= 15 is 0 Å². The molecule has 1 heterocycles. The molecule has 0 aliphatic carbocycles. The minimum absolute atomic E-state index is 0.750. The minimum atomic E-state index is 0.750. The van der Waals surface area contributed by atoms with Gasteiger partial charge >= 0.3 is 0 Å². The number of anilines is 2. The summed E-state index contributed by atoms with van der Waals surface area (Å²) in [6.07, 6.45) is 3.88. The highest BCUT2D eigenvalue weighted by molar-refractivity contribution is 5.94. The lowest BCUT2D eigenvalue weighted by molar-refractivity contribution is 0.403. The van der Waals surface area contributed by atoms with E-state index in [1.807, 2.05) is 19.1 Å². The molecule has 0 unspecified atom stereocenters. The van der Waals surface area contributed by atoms with E-state index in [0.29, 0.717) is 0 Å². The Balaban J connectivity index is 1.85. The summed E-state index contributed by atoms with van der Waals surface area (Å²) in [5, 5.41) is 4.82. The molecule has 32 heavy (non-hydrogen) atoms. The van der Waals surface area contributed by atoms with Crippen LogP contribution in [0.15, 0.2) is 76.8 Å². The first-order chi connectivity index (χ1) is 15.5. The van der Waals surface area contributed by atoms with Gasteiger partial charge in [-0.3, -0.25) is 9.98 Å². The van der Waals surface area contributed by atoms with Crippen LogP contribution < -0.4 is 5.32 Å². The fraction of sp³-hybridized carbons (Fsp3) is 0.185. The summed E-state index contributed by atoms with van der Waals surface area (Å²) in [6, 6.07) is 21.1. The van der Waals surface area contributed by atoms with Crippen LogP contribution in [0.3, 0.4) is 0 Å².